The second-order valence-electron chi connectivity index (χ2n) is 4.04. The average molecular weight is 273 g/mol. The summed E-state index contributed by atoms with van der Waals surface area (Å²) >= 11 is 0. The Bertz CT molecular complexity index is 746. The number of nitrogens with zero attached hydrogens (tertiary/aromatic N) is 3. The maximum Gasteiger partial charge on any atom is 0.175 e. The fourth-order valence-corrected chi connectivity index (χ4v) is 2.32. The summed E-state index contributed by atoms with van der Waals surface area (Å²) < 4.78 is 22.7. The van der Waals surface area contributed by atoms with Crippen LogP contribution in [0.5, 0.6) is 0 Å². The zero-order chi connectivity index (χ0) is 13.9. The minimum absolute atomic E-state index is 0.280. The Kier molecular flexibility index (Phi) is 3.55. The highest BCUT2D eigenvalue weighted by molar-refractivity contribution is 7.90. The Morgan fingerprint density at radius 3 is 2.32 bits per heavy atom. The highest BCUT2D eigenvalue weighted by Crippen LogP contribution is 2.25. The van der Waals surface area contributed by atoms with Gasteiger partial charge in [-0.15, -0.1) is 0 Å². The Hall–Kier alpha value is -2.30. The van der Waals surface area contributed by atoms with Gasteiger partial charge in [0.05, 0.1) is 4.90 Å². The maximum atomic E-state index is 11.4. The van der Waals surface area contributed by atoms with Gasteiger partial charge in [-0.05, 0) is 34.9 Å². The van der Waals surface area contributed by atoms with Gasteiger partial charge >= 0.3 is 0 Å². The molecule has 96 valence electrons. The highest BCUT2D eigenvalue weighted by atomic mass is 32.2. The zero-order valence-corrected chi connectivity index (χ0v) is 11.0. The summed E-state index contributed by atoms with van der Waals surface area (Å²) in [6.07, 6.45) is 1.17. The number of benzene rings is 2. The number of hydrogen-bond donors (Lipinski definition) is 0. The van der Waals surface area contributed by atoms with Crippen molar-refractivity contribution in [3.63, 3.8) is 0 Å². The third-order valence-corrected chi connectivity index (χ3v) is 3.75. The molecule has 0 aliphatic rings. The largest absolute Gasteiger partial charge is 0.224 e. The summed E-state index contributed by atoms with van der Waals surface area (Å²) in [7, 11) is -3.19. The Morgan fingerprint density at radius 1 is 1.05 bits per heavy atom. The molecule has 19 heavy (non-hydrogen) atoms. The van der Waals surface area contributed by atoms with Gasteiger partial charge in [0.2, 0.25) is 0 Å². The standard InChI is InChI=1S/C13H11N3O2S/c1-19(17,18)13-7-5-10(6-8-13)11-3-2-4-12(9-11)15-16-14/h2-9H,1H3. The van der Waals surface area contributed by atoms with Gasteiger partial charge in [0, 0.05) is 16.9 Å². The molecule has 0 N–H and O–H groups in total. The number of hydrogen-bond acceptors (Lipinski definition) is 3. The summed E-state index contributed by atoms with van der Waals surface area (Å²) in [5.74, 6) is 0. The maximum absolute atomic E-state index is 11.4. The van der Waals surface area contributed by atoms with Gasteiger partial charge in [0.1, 0.15) is 0 Å². The van der Waals surface area contributed by atoms with Crippen LogP contribution in [0.2, 0.25) is 0 Å². The van der Waals surface area contributed by atoms with Crippen LogP contribution in [0.15, 0.2) is 58.5 Å². The molecule has 0 saturated heterocycles. The van der Waals surface area contributed by atoms with Gasteiger partial charge < -0.3 is 0 Å². The van der Waals surface area contributed by atoms with Crippen molar-refractivity contribution in [2.45, 2.75) is 4.90 Å². The molecule has 0 heterocycles. The molecule has 0 spiro atoms. The summed E-state index contributed by atoms with van der Waals surface area (Å²) in [4.78, 5) is 3.01. The second-order valence-corrected chi connectivity index (χ2v) is 6.05. The van der Waals surface area contributed by atoms with Crippen molar-refractivity contribution in [1.29, 1.82) is 0 Å². The summed E-state index contributed by atoms with van der Waals surface area (Å²) in [6.45, 7) is 0. The minimum Gasteiger partial charge on any atom is -0.224 e. The van der Waals surface area contributed by atoms with Crippen LogP contribution in [0.4, 0.5) is 5.69 Å². The predicted molar refractivity (Wildman–Crippen MR) is 73.8 cm³/mol. The topological polar surface area (TPSA) is 82.9 Å². The molecule has 0 aliphatic heterocycles. The number of azide groups is 1. The minimum atomic E-state index is -3.19. The van der Waals surface area contributed by atoms with Crippen LogP contribution >= 0.6 is 0 Å². The Labute approximate surface area is 111 Å². The Morgan fingerprint density at radius 2 is 1.74 bits per heavy atom. The first kappa shape index (κ1) is 13.1. The molecule has 0 unspecified atom stereocenters. The van der Waals surface area contributed by atoms with Crippen molar-refractivity contribution >= 4 is 15.5 Å². The molecule has 2 aromatic carbocycles. The fraction of sp³-hybridized carbons (Fsp3) is 0.0769. The van der Waals surface area contributed by atoms with Crippen molar-refractivity contribution in [3.8, 4) is 11.1 Å². The van der Waals surface area contributed by atoms with Gasteiger partial charge in [-0.25, -0.2) is 8.42 Å². The fourth-order valence-electron chi connectivity index (χ4n) is 1.69. The van der Waals surface area contributed by atoms with Crippen molar-refractivity contribution in [1.82, 2.24) is 0 Å². The van der Waals surface area contributed by atoms with Gasteiger partial charge in [0.25, 0.3) is 0 Å². The smallest absolute Gasteiger partial charge is 0.175 e. The summed E-state index contributed by atoms with van der Waals surface area (Å²) in [5.41, 5.74) is 10.6. The first-order valence-corrected chi connectivity index (χ1v) is 7.35. The molecular formula is C13H11N3O2S. The first-order valence-electron chi connectivity index (χ1n) is 5.46. The van der Waals surface area contributed by atoms with Crippen LogP contribution < -0.4 is 0 Å². The van der Waals surface area contributed by atoms with Crippen LogP contribution in [0, 0.1) is 0 Å². The van der Waals surface area contributed by atoms with E-state index < -0.39 is 9.84 Å². The molecule has 0 amide bonds. The lowest BCUT2D eigenvalue weighted by molar-refractivity contribution is 0.602. The van der Waals surface area contributed by atoms with Gasteiger partial charge in [-0.3, -0.25) is 0 Å². The van der Waals surface area contributed by atoms with Crippen LogP contribution in [0.25, 0.3) is 21.6 Å². The van der Waals surface area contributed by atoms with E-state index in [0.29, 0.717) is 5.69 Å². The first-order chi connectivity index (χ1) is 9.00. The van der Waals surface area contributed by atoms with E-state index in [9.17, 15) is 8.42 Å². The lowest BCUT2D eigenvalue weighted by atomic mass is 10.1. The number of sulfone groups is 1. The Balaban J connectivity index is 2.43. The van der Waals surface area contributed by atoms with Crippen LogP contribution in [-0.4, -0.2) is 14.7 Å². The molecule has 0 aliphatic carbocycles. The lowest BCUT2D eigenvalue weighted by Crippen LogP contribution is -1.96. The van der Waals surface area contributed by atoms with Crippen molar-refractivity contribution in [2.24, 2.45) is 5.11 Å². The van der Waals surface area contributed by atoms with Crippen LogP contribution in [0.3, 0.4) is 0 Å². The molecule has 6 heteroatoms. The summed E-state index contributed by atoms with van der Waals surface area (Å²) in [6, 6.07) is 13.7. The van der Waals surface area contributed by atoms with E-state index in [0.717, 1.165) is 11.1 Å². The SMILES string of the molecule is CS(=O)(=O)c1ccc(-c2cccc(N=[N+]=[N-])c2)cc1. The quantitative estimate of drug-likeness (QED) is 0.485. The predicted octanol–water partition coefficient (Wildman–Crippen LogP) is 3.70. The van der Waals surface area contributed by atoms with Crippen molar-refractivity contribution in [2.75, 3.05) is 6.26 Å². The lowest BCUT2D eigenvalue weighted by Gasteiger charge is -2.04. The zero-order valence-electron chi connectivity index (χ0n) is 10.2. The van der Waals surface area contributed by atoms with E-state index in [1.54, 1.807) is 42.5 Å². The summed E-state index contributed by atoms with van der Waals surface area (Å²) in [5, 5.41) is 3.53. The highest BCUT2D eigenvalue weighted by Gasteiger charge is 2.06. The van der Waals surface area contributed by atoms with E-state index in [1.165, 1.54) is 6.26 Å². The van der Waals surface area contributed by atoms with E-state index in [-0.39, 0.29) is 4.90 Å². The molecular weight excluding hydrogens is 262 g/mol. The molecule has 0 fully saturated rings. The van der Waals surface area contributed by atoms with Crippen LogP contribution in [0.1, 0.15) is 0 Å². The van der Waals surface area contributed by atoms with Gasteiger partial charge in [-0.2, -0.15) is 0 Å². The van der Waals surface area contributed by atoms with Crippen molar-refractivity contribution < 1.29 is 8.42 Å². The van der Waals surface area contributed by atoms with Crippen LogP contribution in [-0.2, 0) is 9.84 Å². The second kappa shape index (κ2) is 5.14. The third kappa shape index (κ3) is 3.13. The van der Waals surface area contributed by atoms with E-state index in [1.807, 2.05) is 6.07 Å². The van der Waals surface area contributed by atoms with Gasteiger partial charge in [-0.1, -0.05) is 35.4 Å². The molecule has 0 bridgehead atoms. The average Bonchev–Trinajstić information content (AvgIpc) is 2.39. The van der Waals surface area contributed by atoms with Gasteiger partial charge in [0.15, 0.2) is 9.84 Å². The molecule has 5 nitrogen and oxygen atoms in total. The monoisotopic (exact) mass is 273 g/mol. The molecule has 0 aromatic heterocycles. The molecule has 2 rings (SSSR count). The third-order valence-electron chi connectivity index (χ3n) is 2.62. The normalized spacial score (nSPS) is 10.8. The molecule has 0 radical (unpaired) electrons. The molecule has 0 atom stereocenters. The van der Waals surface area contributed by atoms with Crippen molar-refractivity contribution in [3.05, 3.63) is 59.0 Å². The molecule has 0 saturated carbocycles. The van der Waals surface area contributed by atoms with E-state index in [4.69, 9.17) is 5.53 Å². The molecule has 2 aromatic rings. The van der Waals surface area contributed by atoms with E-state index in [2.05, 4.69) is 10.0 Å². The van der Waals surface area contributed by atoms with E-state index >= 15 is 0 Å². The number of rotatable bonds is 3.